The first-order valence-electron chi connectivity index (χ1n) is 6.71. The summed E-state index contributed by atoms with van der Waals surface area (Å²) in [7, 11) is 0. The third-order valence-corrected chi connectivity index (χ3v) is 3.68. The van der Waals surface area contributed by atoms with Crippen molar-refractivity contribution in [1.29, 1.82) is 0 Å². The quantitative estimate of drug-likeness (QED) is 0.935. The predicted octanol–water partition coefficient (Wildman–Crippen LogP) is 2.43. The molecule has 3 rings (SSSR count). The van der Waals surface area contributed by atoms with Crippen molar-refractivity contribution < 1.29 is 14.0 Å². The van der Waals surface area contributed by atoms with Crippen LogP contribution in [0.4, 0.5) is 4.39 Å². The van der Waals surface area contributed by atoms with Gasteiger partial charge in [-0.2, -0.15) is 0 Å². The van der Waals surface area contributed by atoms with E-state index in [1.54, 1.807) is 12.1 Å². The number of aliphatic hydroxyl groups is 1. The zero-order valence-corrected chi connectivity index (χ0v) is 11.3. The summed E-state index contributed by atoms with van der Waals surface area (Å²) in [6.07, 6.45) is 0.292. The van der Waals surface area contributed by atoms with Crippen molar-refractivity contribution in [2.24, 2.45) is 0 Å². The first-order chi connectivity index (χ1) is 9.61. The van der Waals surface area contributed by atoms with Gasteiger partial charge in [0, 0.05) is 25.2 Å². The lowest BCUT2D eigenvalue weighted by Crippen LogP contribution is -2.24. The molecule has 0 bridgehead atoms. The molecule has 1 fully saturated rings. The van der Waals surface area contributed by atoms with Gasteiger partial charge in [0.25, 0.3) is 0 Å². The number of aryl methyl sites for hydroxylation is 1. The molecular weight excluding hydrogens is 259 g/mol. The number of nitrogens with zero attached hydrogens (tertiary/aromatic N) is 2. The van der Waals surface area contributed by atoms with Crippen LogP contribution < -0.4 is 0 Å². The summed E-state index contributed by atoms with van der Waals surface area (Å²) >= 11 is 0. The number of likely N-dealkylation sites (tertiary alicyclic amines) is 1. The van der Waals surface area contributed by atoms with E-state index in [4.69, 9.17) is 4.52 Å². The Morgan fingerprint density at radius 1 is 1.40 bits per heavy atom. The maximum atomic E-state index is 13.0. The minimum absolute atomic E-state index is 0.0857. The van der Waals surface area contributed by atoms with Gasteiger partial charge in [-0.05, 0) is 31.0 Å². The standard InChI is InChI=1S/C15H17FN2O2/c1-10-6-13(17-20-10)8-18-9-14(19)7-15(18)11-2-4-12(16)5-3-11/h2-6,14-15,19H,7-9H2,1H3/t14-,15+/m1/s1. The number of hydrogen-bond acceptors (Lipinski definition) is 4. The molecule has 0 saturated carbocycles. The lowest BCUT2D eigenvalue weighted by molar-refractivity contribution is 0.171. The van der Waals surface area contributed by atoms with Crippen LogP contribution in [-0.2, 0) is 6.54 Å². The minimum Gasteiger partial charge on any atom is -0.392 e. The Morgan fingerprint density at radius 3 is 2.80 bits per heavy atom. The van der Waals surface area contributed by atoms with Gasteiger partial charge in [-0.25, -0.2) is 4.39 Å². The Hall–Kier alpha value is -1.72. The highest BCUT2D eigenvalue weighted by Gasteiger charge is 2.32. The molecule has 1 aliphatic rings. The Kier molecular flexibility index (Phi) is 3.54. The highest BCUT2D eigenvalue weighted by molar-refractivity contribution is 5.22. The van der Waals surface area contributed by atoms with Crippen LogP contribution in [0.3, 0.4) is 0 Å². The van der Waals surface area contributed by atoms with E-state index in [1.165, 1.54) is 12.1 Å². The zero-order valence-electron chi connectivity index (χ0n) is 11.3. The van der Waals surface area contributed by atoms with Crippen LogP contribution in [0.2, 0.25) is 0 Å². The average Bonchev–Trinajstić information content (AvgIpc) is 2.97. The van der Waals surface area contributed by atoms with Crippen molar-refractivity contribution in [1.82, 2.24) is 10.1 Å². The molecule has 106 valence electrons. The Bertz CT molecular complexity index is 582. The molecular formula is C15H17FN2O2. The topological polar surface area (TPSA) is 49.5 Å². The second-order valence-corrected chi connectivity index (χ2v) is 5.32. The van der Waals surface area contributed by atoms with Gasteiger partial charge in [0.2, 0.25) is 0 Å². The van der Waals surface area contributed by atoms with Crippen molar-refractivity contribution in [3.05, 3.63) is 53.2 Å². The molecule has 2 heterocycles. The van der Waals surface area contributed by atoms with Crippen molar-refractivity contribution in [2.75, 3.05) is 6.54 Å². The molecule has 2 aromatic rings. The summed E-state index contributed by atoms with van der Waals surface area (Å²) < 4.78 is 18.1. The van der Waals surface area contributed by atoms with E-state index in [1.807, 2.05) is 13.0 Å². The minimum atomic E-state index is -0.363. The summed E-state index contributed by atoms with van der Waals surface area (Å²) in [5.41, 5.74) is 1.87. The van der Waals surface area contributed by atoms with Gasteiger partial charge in [0.1, 0.15) is 11.6 Å². The highest BCUT2D eigenvalue weighted by Crippen LogP contribution is 2.33. The maximum Gasteiger partial charge on any atom is 0.133 e. The van der Waals surface area contributed by atoms with Crippen LogP contribution in [0, 0.1) is 12.7 Å². The third-order valence-electron chi connectivity index (χ3n) is 3.68. The molecule has 1 aromatic carbocycles. The molecule has 2 atom stereocenters. The summed E-state index contributed by atoms with van der Waals surface area (Å²) in [6, 6.07) is 8.45. The molecule has 1 aromatic heterocycles. The van der Waals surface area contributed by atoms with Crippen molar-refractivity contribution in [3.8, 4) is 0 Å². The number of β-amino-alcohol motifs (C(OH)–C–C–N with tert-alkyl or cyclic N) is 1. The van der Waals surface area contributed by atoms with Crippen LogP contribution >= 0.6 is 0 Å². The first-order valence-corrected chi connectivity index (χ1v) is 6.71. The fourth-order valence-electron chi connectivity index (χ4n) is 2.79. The Balaban J connectivity index is 1.79. The fourth-order valence-corrected chi connectivity index (χ4v) is 2.79. The maximum absolute atomic E-state index is 13.0. The second kappa shape index (κ2) is 5.34. The Labute approximate surface area is 116 Å². The monoisotopic (exact) mass is 276 g/mol. The molecule has 1 aliphatic heterocycles. The summed E-state index contributed by atoms with van der Waals surface area (Å²) in [5, 5.41) is 13.9. The molecule has 20 heavy (non-hydrogen) atoms. The third kappa shape index (κ3) is 2.73. The van der Waals surface area contributed by atoms with E-state index in [9.17, 15) is 9.50 Å². The molecule has 0 radical (unpaired) electrons. The highest BCUT2D eigenvalue weighted by atomic mass is 19.1. The first kappa shape index (κ1) is 13.3. The van der Waals surface area contributed by atoms with Crippen LogP contribution in [-0.4, -0.2) is 27.8 Å². The lowest BCUT2D eigenvalue weighted by Gasteiger charge is -2.23. The van der Waals surface area contributed by atoms with Crippen molar-refractivity contribution in [3.63, 3.8) is 0 Å². The number of hydrogen-bond donors (Lipinski definition) is 1. The molecule has 0 aliphatic carbocycles. The zero-order chi connectivity index (χ0) is 14.1. The van der Waals surface area contributed by atoms with Crippen molar-refractivity contribution in [2.45, 2.75) is 32.0 Å². The van der Waals surface area contributed by atoms with Gasteiger partial charge in [-0.1, -0.05) is 17.3 Å². The van der Waals surface area contributed by atoms with Crippen LogP contribution in [0.5, 0.6) is 0 Å². The van der Waals surface area contributed by atoms with Crippen LogP contribution in [0.15, 0.2) is 34.9 Å². The van der Waals surface area contributed by atoms with Gasteiger partial charge in [-0.15, -0.1) is 0 Å². The van der Waals surface area contributed by atoms with Crippen LogP contribution in [0.1, 0.15) is 29.5 Å². The predicted molar refractivity (Wildman–Crippen MR) is 71.4 cm³/mol. The average molecular weight is 276 g/mol. The van der Waals surface area contributed by atoms with Gasteiger partial charge >= 0.3 is 0 Å². The number of benzene rings is 1. The van der Waals surface area contributed by atoms with E-state index in [0.29, 0.717) is 19.5 Å². The van der Waals surface area contributed by atoms with E-state index < -0.39 is 0 Å². The molecule has 4 nitrogen and oxygen atoms in total. The van der Waals surface area contributed by atoms with Gasteiger partial charge in [-0.3, -0.25) is 4.90 Å². The summed E-state index contributed by atoms with van der Waals surface area (Å²) in [5.74, 6) is 0.532. The molecule has 0 spiro atoms. The largest absolute Gasteiger partial charge is 0.392 e. The SMILES string of the molecule is Cc1cc(CN2C[C@H](O)C[C@H]2c2ccc(F)cc2)no1. The normalized spacial score (nSPS) is 23.4. The number of rotatable bonds is 3. The number of halogens is 1. The molecule has 1 N–H and O–H groups in total. The van der Waals surface area contributed by atoms with Crippen LogP contribution in [0.25, 0.3) is 0 Å². The second-order valence-electron chi connectivity index (χ2n) is 5.32. The molecule has 1 saturated heterocycles. The summed E-state index contributed by atoms with van der Waals surface area (Å²) in [6.45, 7) is 3.07. The van der Waals surface area contributed by atoms with Gasteiger partial charge in [0.15, 0.2) is 0 Å². The van der Waals surface area contributed by atoms with Gasteiger partial charge < -0.3 is 9.63 Å². The molecule has 0 unspecified atom stereocenters. The molecule has 0 amide bonds. The fraction of sp³-hybridized carbons (Fsp3) is 0.400. The Morgan fingerprint density at radius 2 is 2.15 bits per heavy atom. The van der Waals surface area contributed by atoms with E-state index >= 15 is 0 Å². The summed E-state index contributed by atoms with van der Waals surface area (Å²) in [4.78, 5) is 2.15. The molecule has 5 heteroatoms. The van der Waals surface area contributed by atoms with E-state index in [0.717, 1.165) is 17.0 Å². The number of aliphatic hydroxyl groups excluding tert-OH is 1. The van der Waals surface area contributed by atoms with E-state index in [-0.39, 0.29) is 18.0 Å². The number of aromatic nitrogens is 1. The van der Waals surface area contributed by atoms with Gasteiger partial charge in [0.05, 0.1) is 11.8 Å². The smallest absolute Gasteiger partial charge is 0.133 e. The van der Waals surface area contributed by atoms with E-state index in [2.05, 4.69) is 10.1 Å². The lowest BCUT2D eigenvalue weighted by atomic mass is 10.0. The van der Waals surface area contributed by atoms with Crippen molar-refractivity contribution >= 4 is 0 Å².